The van der Waals surface area contributed by atoms with Crippen molar-refractivity contribution in [3.05, 3.63) is 53.6 Å². The molecule has 80 valence electrons. The van der Waals surface area contributed by atoms with Gasteiger partial charge in [0.2, 0.25) is 0 Å². The molecule has 0 radical (unpaired) electrons. The number of nitrogens with zero attached hydrogens (tertiary/aromatic N) is 2. The first-order valence-electron chi connectivity index (χ1n) is 4.71. The van der Waals surface area contributed by atoms with E-state index in [-0.39, 0.29) is 5.75 Å². The lowest BCUT2D eigenvalue weighted by atomic mass is 10.3. The van der Waals surface area contributed by atoms with Crippen LogP contribution in [0.2, 0.25) is 5.02 Å². The Labute approximate surface area is 98.0 Å². The van der Waals surface area contributed by atoms with Crippen LogP contribution < -0.4 is 0 Å². The van der Waals surface area contributed by atoms with Gasteiger partial charge in [-0.3, -0.25) is 0 Å². The molecule has 0 spiro atoms. The summed E-state index contributed by atoms with van der Waals surface area (Å²) in [6, 6.07) is 13.8. The molecule has 2 aromatic carbocycles. The van der Waals surface area contributed by atoms with Crippen molar-refractivity contribution in [2.45, 2.75) is 0 Å². The summed E-state index contributed by atoms with van der Waals surface area (Å²) in [5, 5.41) is 18.0. The molecule has 0 heterocycles. The molecular formula is C12H9ClN2O. The van der Waals surface area contributed by atoms with Crippen LogP contribution in [0.3, 0.4) is 0 Å². The van der Waals surface area contributed by atoms with Crippen molar-refractivity contribution < 1.29 is 5.11 Å². The minimum absolute atomic E-state index is 0.111. The van der Waals surface area contributed by atoms with Crippen molar-refractivity contribution in [3.63, 3.8) is 0 Å². The average Bonchev–Trinajstić information content (AvgIpc) is 2.30. The monoisotopic (exact) mass is 232 g/mol. The second-order valence-corrected chi connectivity index (χ2v) is 3.60. The van der Waals surface area contributed by atoms with Crippen LogP contribution in [0.4, 0.5) is 11.4 Å². The third-order valence-electron chi connectivity index (χ3n) is 1.98. The SMILES string of the molecule is Oc1ccccc1N=Nc1ccc(Cl)cc1. The predicted octanol–water partition coefficient (Wildman–Crippen LogP) is 4.46. The first-order chi connectivity index (χ1) is 7.75. The molecule has 3 nitrogen and oxygen atoms in total. The van der Waals surface area contributed by atoms with Crippen LogP contribution in [0.25, 0.3) is 0 Å². The number of halogens is 1. The minimum Gasteiger partial charge on any atom is -0.506 e. The van der Waals surface area contributed by atoms with Gasteiger partial charge in [-0.15, -0.1) is 5.11 Å². The van der Waals surface area contributed by atoms with E-state index < -0.39 is 0 Å². The Balaban J connectivity index is 2.21. The van der Waals surface area contributed by atoms with Crippen LogP contribution in [0.5, 0.6) is 5.75 Å². The van der Waals surface area contributed by atoms with Gasteiger partial charge < -0.3 is 5.11 Å². The van der Waals surface area contributed by atoms with Crippen molar-refractivity contribution in [3.8, 4) is 5.75 Å². The van der Waals surface area contributed by atoms with Gasteiger partial charge in [-0.25, -0.2) is 0 Å². The van der Waals surface area contributed by atoms with Crippen LogP contribution in [-0.4, -0.2) is 5.11 Å². The molecule has 0 amide bonds. The number of azo groups is 1. The Morgan fingerprint density at radius 3 is 2.25 bits per heavy atom. The fourth-order valence-corrected chi connectivity index (χ4v) is 1.29. The molecule has 0 aliphatic rings. The maximum absolute atomic E-state index is 9.46. The number of aromatic hydroxyl groups is 1. The summed E-state index contributed by atoms with van der Waals surface area (Å²) in [6.45, 7) is 0. The van der Waals surface area contributed by atoms with Gasteiger partial charge >= 0.3 is 0 Å². The molecule has 2 rings (SSSR count). The van der Waals surface area contributed by atoms with Gasteiger partial charge in [0.25, 0.3) is 0 Å². The first-order valence-corrected chi connectivity index (χ1v) is 5.09. The standard InChI is InChI=1S/C12H9ClN2O/c13-9-5-7-10(8-6-9)14-15-11-3-1-2-4-12(11)16/h1-8,16H. The molecule has 2 aromatic rings. The third-order valence-corrected chi connectivity index (χ3v) is 2.23. The number of phenolic OH excluding ortho intramolecular Hbond substituents is 1. The van der Waals surface area contributed by atoms with E-state index in [0.717, 1.165) is 0 Å². The van der Waals surface area contributed by atoms with Gasteiger partial charge in [-0.2, -0.15) is 5.11 Å². The van der Waals surface area contributed by atoms with E-state index in [1.54, 1.807) is 48.5 Å². The van der Waals surface area contributed by atoms with Crippen LogP contribution in [0, 0.1) is 0 Å². The number of hydrogen-bond acceptors (Lipinski definition) is 3. The van der Waals surface area contributed by atoms with E-state index in [1.807, 2.05) is 0 Å². The second-order valence-electron chi connectivity index (χ2n) is 3.17. The van der Waals surface area contributed by atoms with E-state index >= 15 is 0 Å². The minimum atomic E-state index is 0.111. The number of para-hydroxylation sites is 1. The van der Waals surface area contributed by atoms with Gasteiger partial charge in [0.15, 0.2) is 0 Å². The Bertz CT molecular complexity index is 509. The highest BCUT2D eigenvalue weighted by molar-refractivity contribution is 6.30. The summed E-state index contributed by atoms with van der Waals surface area (Å²) in [7, 11) is 0. The zero-order chi connectivity index (χ0) is 11.4. The van der Waals surface area contributed by atoms with Gasteiger partial charge in [-0.1, -0.05) is 23.7 Å². The quantitative estimate of drug-likeness (QED) is 0.764. The Morgan fingerprint density at radius 1 is 0.875 bits per heavy atom. The van der Waals surface area contributed by atoms with Gasteiger partial charge in [0.1, 0.15) is 11.4 Å². The third kappa shape index (κ3) is 2.58. The molecule has 0 unspecified atom stereocenters. The topological polar surface area (TPSA) is 45.0 Å². The molecule has 16 heavy (non-hydrogen) atoms. The number of phenols is 1. The summed E-state index contributed by atoms with van der Waals surface area (Å²) in [5.41, 5.74) is 1.13. The predicted molar refractivity (Wildman–Crippen MR) is 63.7 cm³/mol. The molecular weight excluding hydrogens is 224 g/mol. The van der Waals surface area contributed by atoms with Crippen LogP contribution in [-0.2, 0) is 0 Å². The lowest BCUT2D eigenvalue weighted by Gasteiger charge is -1.96. The Hall–Kier alpha value is -1.87. The van der Waals surface area contributed by atoms with E-state index in [1.165, 1.54) is 0 Å². The van der Waals surface area contributed by atoms with Crippen LogP contribution in [0.1, 0.15) is 0 Å². The summed E-state index contributed by atoms with van der Waals surface area (Å²) >= 11 is 5.74. The number of hydrogen-bond donors (Lipinski definition) is 1. The van der Waals surface area contributed by atoms with E-state index in [9.17, 15) is 5.11 Å². The van der Waals surface area contributed by atoms with Crippen LogP contribution >= 0.6 is 11.6 Å². The fourth-order valence-electron chi connectivity index (χ4n) is 1.17. The highest BCUT2D eigenvalue weighted by Crippen LogP contribution is 2.27. The summed E-state index contributed by atoms with van der Waals surface area (Å²) in [4.78, 5) is 0. The Morgan fingerprint density at radius 2 is 1.56 bits per heavy atom. The normalized spacial score (nSPS) is 10.8. The maximum atomic E-state index is 9.46. The summed E-state index contributed by atoms with van der Waals surface area (Å²) in [6.07, 6.45) is 0. The molecule has 0 saturated carbocycles. The number of rotatable bonds is 2. The van der Waals surface area contributed by atoms with E-state index in [4.69, 9.17) is 11.6 Å². The molecule has 0 fully saturated rings. The lowest BCUT2D eigenvalue weighted by molar-refractivity contribution is 0.476. The Kier molecular flexibility index (Phi) is 3.17. The molecule has 0 saturated heterocycles. The van der Waals surface area contributed by atoms with Crippen molar-refractivity contribution in [1.82, 2.24) is 0 Å². The zero-order valence-electron chi connectivity index (χ0n) is 8.34. The van der Waals surface area contributed by atoms with E-state index in [0.29, 0.717) is 16.4 Å². The molecule has 1 N–H and O–H groups in total. The highest BCUT2D eigenvalue weighted by Gasteiger charge is 1.96. The molecule has 0 aliphatic heterocycles. The van der Waals surface area contributed by atoms with Crippen molar-refractivity contribution >= 4 is 23.0 Å². The van der Waals surface area contributed by atoms with Crippen molar-refractivity contribution in [1.29, 1.82) is 0 Å². The average molecular weight is 233 g/mol. The largest absolute Gasteiger partial charge is 0.506 e. The molecule has 0 aromatic heterocycles. The van der Waals surface area contributed by atoms with Crippen molar-refractivity contribution in [2.24, 2.45) is 10.2 Å². The lowest BCUT2D eigenvalue weighted by Crippen LogP contribution is -1.67. The van der Waals surface area contributed by atoms with E-state index in [2.05, 4.69) is 10.2 Å². The zero-order valence-corrected chi connectivity index (χ0v) is 9.09. The molecule has 0 aliphatic carbocycles. The summed E-state index contributed by atoms with van der Waals surface area (Å²) in [5.74, 6) is 0.111. The summed E-state index contributed by atoms with van der Waals surface area (Å²) < 4.78 is 0. The van der Waals surface area contributed by atoms with Gasteiger partial charge in [-0.05, 0) is 36.4 Å². The molecule has 0 atom stereocenters. The maximum Gasteiger partial charge on any atom is 0.143 e. The molecule has 0 bridgehead atoms. The highest BCUT2D eigenvalue weighted by atomic mass is 35.5. The first kappa shape index (κ1) is 10.6. The van der Waals surface area contributed by atoms with Gasteiger partial charge in [0.05, 0.1) is 5.69 Å². The number of benzene rings is 2. The molecule has 4 heteroatoms. The van der Waals surface area contributed by atoms with Crippen LogP contribution in [0.15, 0.2) is 58.8 Å². The van der Waals surface area contributed by atoms with Crippen molar-refractivity contribution in [2.75, 3.05) is 0 Å². The van der Waals surface area contributed by atoms with Gasteiger partial charge in [0, 0.05) is 5.02 Å². The second kappa shape index (κ2) is 4.77. The smallest absolute Gasteiger partial charge is 0.143 e. The fraction of sp³-hybridized carbons (Fsp3) is 0.